The van der Waals surface area contributed by atoms with E-state index in [4.69, 9.17) is 9.84 Å². The van der Waals surface area contributed by atoms with Gasteiger partial charge in [-0.1, -0.05) is 0 Å². The third kappa shape index (κ3) is 3.88. The minimum Gasteiger partial charge on any atom is -0.477 e. The Morgan fingerprint density at radius 2 is 2.32 bits per heavy atom. The Bertz CT molecular complexity index is 477. The van der Waals surface area contributed by atoms with Gasteiger partial charge >= 0.3 is 11.7 Å². The normalized spacial score (nSPS) is 10.2. The lowest BCUT2D eigenvalue weighted by Gasteiger charge is -2.17. The summed E-state index contributed by atoms with van der Waals surface area (Å²) >= 11 is 0. The molecule has 0 unspecified atom stereocenters. The van der Waals surface area contributed by atoms with Crippen LogP contribution in [0.3, 0.4) is 0 Å². The summed E-state index contributed by atoms with van der Waals surface area (Å²) in [5, 5.41) is 19.7. The molecular weight excluding hydrogens is 254 g/mol. The van der Waals surface area contributed by atoms with Crippen molar-refractivity contribution in [1.82, 2.24) is 4.98 Å². The Kier molecular flexibility index (Phi) is 5.19. The van der Waals surface area contributed by atoms with Gasteiger partial charge < -0.3 is 14.7 Å². The SMILES string of the molecule is COCCCN(C)c1cc(C(=O)O)c([N+](=O)[O-])cn1. The van der Waals surface area contributed by atoms with Gasteiger partial charge in [-0.2, -0.15) is 0 Å². The summed E-state index contributed by atoms with van der Waals surface area (Å²) in [6, 6.07) is 1.20. The van der Waals surface area contributed by atoms with Gasteiger partial charge in [0.05, 0.1) is 4.92 Å². The summed E-state index contributed by atoms with van der Waals surface area (Å²) in [6.45, 7) is 1.18. The first-order valence-electron chi connectivity index (χ1n) is 5.55. The van der Waals surface area contributed by atoms with Crippen molar-refractivity contribution in [3.8, 4) is 0 Å². The number of pyridine rings is 1. The van der Waals surface area contributed by atoms with Gasteiger partial charge in [-0.15, -0.1) is 0 Å². The molecule has 0 aliphatic carbocycles. The third-order valence-corrected chi connectivity index (χ3v) is 2.53. The molecule has 8 nitrogen and oxygen atoms in total. The predicted molar refractivity (Wildman–Crippen MR) is 67.6 cm³/mol. The van der Waals surface area contributed by atoms with Crippen LogP contribution in [0.4, 0.5) is 11.5 Å². The van der Waals surface area contributed by atoms with E-state index in [-0.39, 0.29) is 5.56 Å². The first-order chi connectivity index (χ1) is 8.97. The second kappa shape index (κ2) is 6.64. The summed E-state index contributed by atoms with van der Waals surface area (Å²) in [5.41, 5.74) is -0.880. The zero-order chi connectivity index (χ0) is 14.4. The quantitative estimate of drug-likeness (QED) is 0.449. The molecule has 19 heavy (non-hydrogen) atoms. The number of rotatable bonds is 7. The number of hydrogen-bond acceptors (Lipinski definition) is 6. The number of ether oxygens (including phenoxy) is 1. The molecule has 8 heteroatoms. The van der Waals surface area contributed by atoms with Crippen LogP contribution in [0.1, 0.15) is 16.8 Å². The number of methoxy groups -OCH3 is 1. The lowest BCUT2D eigenvalue weighted by atomic mass is 10.2. The van der Waals surface area contributed by atoms with Gasteiger partial charge in [-0.25, -0.2) is 9.78 Å². The van der Waals surface area contributed by atoms with Crippen LogP contribution in [0.25, 0.3) is 0 Å². The first kappa shape index (κ1) is 14.8. The molecule has 0 saturated heterocycles. The molecule has 0 bridgehead atoms. The van der Waals surface area contributed by atoms with E-state index in [0.717, 1.165) is 12.6 Å². The number of aromatic nitrogens is 1. The average molecular weight is 269 g/mol. The molecule has 1 N–H and O–H groups in total. The maximum absolute atomic E-state index is 11.0. The van der Waals surface area contributed by atoms with Crippen LogP contribution in [0, 0.1) is 10.1 Å². The minimum atomic E-state index is -1.35. The molecule has 0 radical (unpaired) electrons. The Hall–Kier alpha value is -2.22. The first-order valence-corrected chi connectivity index (χ1v) is 5.55. The van der Waals surface area contributed by atoms with Gasteiger partial charge in [-0.3, -0.25) is 10.1 Å². The van der Waals surface area contributed by atoms with Crippen LogP contribution in [-0.2, 0) is 4.74 Å². The van der Waals surface area contributed by atoms with E-state index >= 15 is 0 Å². The number of carbonyl (C=O) groups is 1. The molecule has 0 amide bonds. The average Bonchev–Trinajstić information content (AvgIpc) is 2.38. The fourth-order valence-electron chi connectivity index (χ4n) is 1.52. The second-order valence-corrected chi connectivity index (χ2v) is 3.89. The molecule has 1 aromatic rings. The van der Waals surface area contributed by atoms with Gasteiger partial charge in [0.2, 0.25) is 0 Å². The maximum atomic E-state index is 11.0. The van der Waals surface area contributed by atoms with Gasteiger partial charge in [0, 0.05) is 33.4 Å². The zero-order valence-electron chi connectivity index (χ0n) is 10.7. The molecule has 0 aromatic carbocycles. The van der Waals surface area contributed by atoms with E-state index in [1.807, 2.05) is 0 Å². The lowest BCUT2D eigenvalue weighted by molar-refractivity contribution is -0.385. The van der Waals surface area contributed by atoms with E-state index in [1.54, 1.807) is 19.1 Å². The largest absolute Gasteiger partial charge is 0.477 e. The number of hydrogen-bond donors (Lipinski definition) is 1. The zero-order valence-corrected chi connectivity index (χ0v) is 10.7. The van der Waals surface area contributed by atoms with Crippen LogP contribution in [-0.4, -0.2) is 48.3 Å². The molecule has 0 atom stereocenters. The highest BCUT2D eigenvalue weighted by molar-refractivity contribution is 5.93. The fraction of sp³-hybridized carbons (Fsp3) is 0.455. The number of nitrogens with zero attached hydrogens (tertiary/aromatic N) is 3. The van der Waals surface area contributed by atoms with Crippen LogP contribution in [0.15, 0.2) is 12.3 Å². The van der Waals surface area contributed by atoms with Gasteiger partial charge in [0.1, 0.15) is 17.6 Å². The van der Waals surface area contributed by atoms with Crippen molar-refractivity contribution in [3.63, 3.8) is 0 Å². The highest BCUT2D eigenvalue weighted by atomic mass is 16.6. The van der Waals surface area contributed by atoms with Crippen molar-refractivity contribution in [3.05, 3.63) is 27.9 Å². The summed E-state index contributed by atoms with van der Waals surface area (Å²) < 4.78 is 4.91. The van der Waals surface area contributed by atoms with E-state index in [1.165, 1.54) is 6.07 Å². The monoisotopic (exact) mass is 269 g/mol. The molecule has 1 rings (SSSR count). The lowest BCUT2D eigenvalue weighted by Crippen LogP contribution is -2.21. The van der Waals surface area contributed by atoms with Crippen LogP contribution in [0.2, 0.25) is 0 Å². The van der Waals surface area contributed by atoms with Crippen molar-refractivity contribution >= 4 is 17.5 Å². The van der Waals surface area contributed by atoms with E-state index in [0.29, 0.717) is 19.0 Å². The van der Waals surface area contributed by atoms with E-state index in [9.17, 15) is 14.9 Å². The Balaban J connectivity index is 2.95. The molecule has 1 heterocycles. The Morgan fingerprint density at radius 3 is 2.84 bits per heavy atom. The molecule has 0 saturated carbocycles. The third-order valence-electron chi connectivity index (χ3n) is 2.53. The highest BCUT2D eigenvalue weighted by Crippen LogP contribution is 2.21. The summed E-state index contributed by atoms with van der Waals surface area (Å²) in [5.74, 6) is -0.972. The molecule has 0 spiro atoms. The molecule has 0 aliphatic rings. The summed E-state index contributed by atoms with van der Waals surface area (Å²) in [7, 11) is 3.32. The Labute approximate surface area is 109 Å². The molecule has 1 aromatic heterocycles. The predicted octanol–water partition coefficient (Wildman–Crippen LogP) is 1.16. The smallest absolute Gasteiger partial charge is 0.342 e. The van der Waals surface area contributed by atoms with Crippen LogP contribution in [0.5, 0.6) is 0 Å². The molecule has 104 valence electrons. The molecular formula is C11H15N3O5. The molecule has 0 fully saturated rings. The standard InChI is InChI=1S/C11H15N3O5/c1-13(4-3-5-19-2)10-6-8(11(15)16)9(7-12-10)14(17)18/h6-7H,3-5H2,1-2H3,(H,15,16). The van der Waals surface area contributed by atoms with Gasteiger partial charge in [0.25, 0.3) is 0 Å². The van der Waals surface area contributed by atoms with Crippen molar-refractivity contribution in [2.24, 2.45) is 0 Å². The fourth-order valence-corrected chi connectivity index (χ4v) is 1.52. The summed E-state index contributed by atoms with van der Waals surface area (Å²) in [6.07, 6.45) is 1.71. The number of carboxylic acids is 1. The minimum absolute atomic E-state index is 0.367. The topological polar surface area (TPSA) is 106 Å². The van der Waals surface area contributed by atoms with Crippen molar-refractivity contribution in [1.29, 1.82) is 0 Å². The van der Waals surface area contributed by atoms with Crippen molar-refractivity contribution in [2.45, 2.75) is 6.42 Å². The van der Waals surface area contributed by atoms with Crippen molar-refractivity contribution < 1.29 is 19.6 Å². The Morgan fingerprint density at radius 1 is 1.63 bits per heavy atom. The number of carboxylic acid groups (broad SMARTS) is 1. The second-order valence-electron chi connectivity index (χ2n) is 3.89. The number of nitro groups is 1. The van der Waals surface area contributed by atoms with Crippen molar-refractivity contribution in [2.75, 3.05) is 32.2 Å². The van der Waals surface area contributed by atoms with E-state index in [2.05, 4.69) is 4.98 Å². The summed E-state index contributed by atoms with van der Waals surface area (Å²) in [4.78, 5) is 26.5. The molecule has 0 aliphatic heterocycles. The van der Waals surface area contributed by atoms with Gasteiger partial charge in [-0.05, 0) is 6.42 Å². The van der Waals surface area contributed by atoms with Crippen LogP contribution >= 0.6 is 0 Å². The number of aromatic carboxylic acids is 1. The number of anilines is 1. The maximum Gasteiger partial charge on any atom is 0.342 e. The van der Waals surface area contributed by atoms with Gasteiger partial charge in [0.15, 0.2) is 0 Å². The van der Waals surface area contributed by atoms with Crippen LogP contribution < -0.4 is 4.90 Å². The van der Waals surface area contributed by atoms with E-state index < -0.39 is 16.6 Å². The highest BCUT2D eigenvalue weighted by Gasteiger charge is 2.21.